The molecule has 0 heterocycles. The average Bonchev–Trinajstić information content (AvgIpc) is 3.22. The molecular formula is C15H20FNO2. The van der Waals surface area contributed by atoms with Gasteiger partial charge in [-0.2, -0.15) is 0 Å². The second-order valence-electron chi connectivity index (χ2n) is 4.94. The van der Waals surface area contributed by atoms with E-state index in [1.807, 2.05) is 4.90 Å². The Morgan fingerprint density at radius 2 is 2.16 bits per heavy atom. The molecule has 1 saturated carbocycles. The van der Waals surface area contributed by atoms with E-state index in [0.29, 0.717) is 31.2 Å². The highest BCUT2D eigenvalue weighted by Crippen LogP contribution is 2.29. The third-order valence-corrected chi connectivity index (χ3v) is 3.35. The van der Waals surface area contributed by atoms with Gasteiger partial charge in [-0.05, 0) is 25.3 Å². The Kier molecular flexibility index (Phi) is 4.91. The molecule has 0 N–H and O–H groups in total. The molecule has 2 rings (SSSR count). The number of carbonyl (C=O) groups is 1. The molecule has 0 spiro atoms. The van der Waals surface area contributed by atoms with E-state index in [9.17, 15) is 9.18 Å². The van der Waals surface area contributed by atoms with Crippen LogP contribution in [0.1, 0.15) is 31.2 Å². The van der Waals surface area contributed by atoms with Gasteiger partial charge in [-0.1, -0.05) is 18.2 Å². The van der Waals surface area contributed by atoms with Crippen LogP contribution in [0.3, 0.4) is 0 Å². The standard InChI is InChI=1S/C15H20FNO2/c1-19-10-4-7-15(18)17(13-8-9-13)11-12-5-2-3-6-14(12)16/h2-3,5-6,13H,4,7-11H2,1H3. The number of hydrogen-bond donors (Lipinski definition) is 0. The molecule has 0 radical (unpaired) electrons. The van der Waals surface area contributed by atoms with Gasteiger partial charge in [0.05, 0.1) is 0 Å². The second-order valence-corrected chi connectivity index (χ2v) is 4.94. The molecule has 0 saturated heterocycles. The number of rotatable bonds is 7. The molecule has 4 heteroatoms. The Balaban J connectivity index is 1.96. The molecule has 104 valence electrons. The lowest BCUT2D eigenvalue weighted by molar-refractivity contribution is -0.132. The highest BCUT2D eigenvalue weighted by Gasteiger charge is 2.32. The number of methoxy groups -OCH3 is 1. The summed E-state index contributed by atoms with van der Waals surface area (Å²) >= 11 is 0. The second kappa shape index (κ2) is 6.66. The third kappa shape index (κ3) is 4.03. The number of halogens is 1. The van der Waals surface area contributed by atoms with Crippen LogP contribution in [0, 0.1) is 5.82 Å². The van der Waals surface area contributed by atoms with Crippen LogP contribution in [0.15, 0.2) is 24.3 Å². The summed E-state index contributed by atoms with van der Waals surface area (Å²) in [6, 6.07) is 6.96. The molecule has 1 aromatic carbocycles. The normalized spacial score (nSPS) is 14.4. The Morgan fingerprint density at radius 3 is 2.79 bits per heavy atom. The van der Waals surface area contributed by atoms with Gasteiger partial charge in [0.15, 0.2) is 0 Å². The van der Waals surface area contributed by atoms with Gasteiger partial charge in [0, 0.05) is 38.3 Å². The lowest BCUT2D eigenvalue weighted by Gasteiger charge is -2.23. The first kappa shape index (κ1) is 14.0. The fourth-order valence-corrected chi connectivity index (χ4v) is 2.13. The highest BCUT2D eigenvalue weighted by atomic mass is 19.1. The number of hydrogen-bond acceptors (Lipinski definition) is 2. The van der Waals surface area contributed by atoms with Crippen LogP contribution in [-0.2, 0) is 16.1 Å². The summed E-state index contributed by atoms with van der Waals surface area (Å²) in [7, 11) is 1.63. The first-order valence-electron chi connectivity index (χ1n) is 6.74. The van der Waals surface area contributed by atoms with Crippen molar-refractivity contribution in [2.75, 3.05) is 13.7 Å². The zero-order valence-corrected chi connectivity index (χ0v) is 11.3. The molecule has 19 heavy (non-hydrogen) atoms. The molecule has 0 unspecified atom stereocenters. The van der Waals surface area contributed by atoms with Gasteiger partial charge in [-0.3, -0.25) is 4.79 Å². The summed E-state index contributed by atoms with van der Waals surface area (Å²) in [5.74, 6) is -0.138. The zero-order chi connectivity index (χ0) is 13.7. The Hall–Kier alpha value is -1.42. The number of benzene rings is 1. The molecule has 0 atom stereocenters. The van der Waals surface area contributed by atoms with Crippen molar-refractivity contribution in [3.05, 3.63) is 35.6 Å². The molecule has 0 bridgehead atoms. The van der Waals surface area contributed by atoms with Crippen molar-refractivity contribution in [1.82, 2.24) is 4.90 Å². The summed E-state index contributed by atoms with van der Waals surface area (Å²) in [4.78, 5) is 14.0. The highest BCUT2D eigenvalue weighted by molar-refractivity contribution is 5.76. The summed E-state index contributed by atoms with van der Waals surface area (Å²) in [5.41, 5.74) is 0.592. The fraction of sp³-hybridized carbons (Fsp3) is 0.533. The molecule has 1 aliphatic rings. The SMILES string of the molecule is COCCCC(=O)N(Cc1ccccc1F)C1CC1. The summed E-state index contributed by atoms with van der Waals surface area (Å²) in [5, 5.41) is 0. The van der Waals surface area contributed by atoms with Gasteiger partial charge in [0.2, 0.25) is 5.91 Å². The van der Waals surface area contributed by atoms with Crippen molar-refractivity contribution in [1.29, 1.82) is 0 Å². The molecular weight excluding hydrogens is 245 g/mol. The lowest BCUT2D eigenvalue weighted by Crippen LogP contribution is -2.32. The number of carbonyl (C=O) groups excluding carboxylic acids is 1. The molecule has 0 aromatic heterocycles. The van der Waals surface area contributed by atoms with Crippen molar-refractivity contribution in [2.24, 2.45) is 0 Å². The number of nitrogens with zero attached hydrogens (tertiary/aromatic N) is 1. The maximum Gasteiger partial charge on any atom is 0.223 e. The van der Waals surface area contributed by atoms with E-state index in [2.05, 4.69) is 0 Å². The summed E-state index contributed by atoms with van der Waals surface area (Å²) in [6.07, 6.45) is 3.25. The molecule has 1 amide bonds. The van der Waals surface area contributed by atoms with Crippen LogP contribution in [-0.4, -0.2) is 30.6 Å². The van der Waals surface area contributed by atoms with Gasteiger partial charge < -0.3 is 9.64 Å². The Bertz CT molecular complexity index is 432. The maximum absolute atomic E-state index is 13.6. The smallest absolute Gasteiger partial charge is 0.223 e. The number of amides is 1. The van der Waals surface area contributed by atoms with Crippen molar-refractivity contribution in [3.63, 3.8) is 0 Å². The van der Waals surface area contributed by atoms with E-state index in [4.69, 9.17) is 4.74 Å². The third-order valence-electron chi connectivity index (χ3n) is 3.35. The Morgan fingerprint density at radius 1 is 1.42 bits per heavy atom. The van der Waals surface area contributed by atoms with E-state index >= 15 is 0 Å². The van der Waals surface area contributed by atoms with Crippen LogP contribution in [0.2, 0.25) is 0 Å². The molecule has 1 fully saturated rings. The fourth-order valence-electron chi connectivity index (χ4n) is 2.13. The van der Waals surface area contributed by atoms with Crippen molar-refractivity contribution in [3.8, 4) is 0 Å². The van der Waals surface area contributed by atoms with E-state index in [0.717, 1.165) is 19.3 Å². The first-order chi connectivity index (χ1) is 9.22. The van der Waals surface area contributed by atoms with Gasteiger partial charge in [0.1, 0.15) is 5.82 Å². The average molecular weight is 265 g/mol. The van der Waals surface area contributed by atoms with Crippen LogP contribution in [0.5, 0.6) is 0 Å². The van der Waals surface area contributed by atoms with E-state index in [1.54, 1.807) is 25.3 Å². The van der Waals surface area contributed by atoms with E-state index < -0.39 is 0 Å². The van der Waals surface area contributed by atoms with Crippen LogP contribution < -0.4 is 0 Å². The van der Waals surface area contributed by atoms with E-state index in [1.165, 1.54) is 6.07 Å². The van der Waals surface area contributed by atoms with Crippen LogP contribution in [0.4, 0.5) is 4.39 Å². The van der Waals surface area contributed by atoms with Gasteiger partial charge >= 0.3 is 0 Å². The van der Waals surface area contributed by atoms with Gasteiger partial charge in [-0.25, -0.2) is 4.39 Å². The lowest BCUT2D eigenvalue weighted by atomic mass is 10.2. The minimum atomic E-state index is -0.238. The quantitative estimate of drug-likeness (QED) is 0.709. The molecule has 1 aromatic rings. The largest absolute Gasteiger partial charge is 0.385 e. The van der Waals surface area contributed by atoms with Gasteiger partial charge in [0.25, 0.3) is 0 Å². The van der Waals surface area contributed by atoms with E-state index in [-0.39, 0.29) is 11.7 Å². The zero-order valence-electron chi connectivity index (χ0n) is 11.3. The molecule has 1 aliphatic carbocycles. The minimum Gasteiger partial charge on any atom is -0.385 e. The Labute approximate surface area is 113 Å². The monoisotopic (exact) mass is 265 g/mol. The molecule has 3 nitrogen and oxygen atoms in total. The van der Waals surface area contributed by atoms with Crippen LogP contribution in [0.25, 0.3) is 0 Å². The maximum atomic E-state index is 13.6. The van der Waals surface area contributed by atoms with Crippen LogP contribution >= 0.6 is 0 Å². The molecule has 0 aliphatic heterocycles. The summed E-state index contributed by atoms with van der Waals surface area (Å²) < 4.78 is 18.6. The summed E-state index contributed by atoms with van der Waals surface area (Å²) in [6.45, 7) is 0.965. The number of ether oxygens (including phenoxy) is 1. The van der Waals surface area contributed by atoms with Crippen molar-refractivity contribution < 1.29 is 13.9 Å². The van der Waals surface area contributed by atoms with Gasteiger partial charge in [-0.15, -0.1) is 0 Å². The van der Waals surface area contributed by atoms with Crippen molar-refractivity contribution >= 4 is 5.91 Å². The minimum absolute atomic E-state index is 0.0998. The predicted octanol–water partition coefficient (Wildman–Crippen LogP) is 2.74. The first-order valence-corrected chi connectivity index (χ1v) is 6.74. The van der Waals surface area contributed by atoms with Crippen molar-refractivity contribution in [2.45, 2.75) is 38.3 Å². The topological polar surface area (TPSA) is 29.5 Å². The predicted molar refractivity (Wildman–Crippen MR) is 71.1 cm³/mol.